The summed E-state index contributed by atoms with van der Waals surface area (Å²) in [4.78, 5) is 0. The first kappa shape index (κ1) is 13.7. The minimum atomic E-state index is 0.530. The highest BCUT2D eigenvalue weighted by molar-refractivity contribution is 5.30. The van der Waals surface area contributed by atoms with Gasteiger partial charge in [-0.25, -0.2) is 0 Å². The maximum atomic E-state index is 5.73. The Balaban J connectivity index is 1.69. The first-order valence-corrected chi connectivity index (χ1v) is 6.70. The number of nitrogens with one attached hydrogen (secondary N) is 1. The van der Waals surface area contributed by atoms with Gasteiger partial charge in [-0.05, 0) is 29.7 Å². The van der Waals surface area contributed by atoms with Crippen LogP contribution >= 0.6 is 0 Å². The highest BCUT2D eigenvalue weighted by atomic mass is 16.5. The molecule has 0 aliphatic heterocycles. The minimum absolute atomic E-state index is 0.530. The first-order chi connectivity index (χ1) is 9.25. The second-order valence-corrected chi connectivity index (χ2v) is 4.88. The zero-order valence-corrected chi connectivity index (χ0v) is 11.6. The highest BCUT2D eigenvalue weighted by Crippen LogP contribution is 2.19. The van der Waals surface area contributed by atoms with Crippen molar-refractivity contribution in [2.24, 2.45) is 0 Å². The van der Waals surface area contributed by atoms with Crippen molar-refractivity contribution in [3.63, 3.8) is 0 Å². The normalized spacial score (nSPS) is 10.9. The maximum Gasteiger partial charge on any atom is 0.119 e. The number of ether oxygens (including phenoxy) is 1. The molecule has 102 valence electrons. The smallest absolute Gasteiger partial charge is 0.119 e. The van der Waals surface area contributed by atoms with Crippen molar-refractivity contribution in [1.29, 1.82) is 0 Å². The Morgan fingerprint density at radius 3 is 2.89 bits per heavy atom. The monoisotopic (exact) mass is 259 g/mol. The summed E-state index contributed by atoms with van der Waals surface area (Å²) in [6.07, 6.45) is 3.44. The van der Waals surface area contributed by atoms with E-state index in [2.05, 4.69) is 31.3 Å². The molecule has 0 unspecified atom stereocenters. The Labute approximate surface area is 114 Å². The fourth-order valence-corrected chi connectivity index (χ4v) is 1.83. The third-order valence-electron chi connectivity index (χ3n) is 2.98. The number of benzene rings is 1. The summed E-state index contributed by atoms with van der Waals surface area (Å²) in [7, 11) is 0. The van der Waals surface area contributed by atoms with Crippen LogP contribution in [0.25, 0.3) is 0 Å². The van der Waals surface area contributed by atoms with Gasteiger partial charge in [0.25, 0.3) is 0 Å². The maximum absolute atomic E-state index is 5.73. The summed E-state index contributed by atoms with van der Waals surface area (Å²) in [5.41, 5.74) is 2.46. The molecule has 2 rings (SSSR count). The van der Waals surface area contributed by atoms with Crippen LogP contribution in [0.3, 0.4) is 0 Å². The summed E-state index contributed by atoms with van der Waals surface area (Å²) in [6, 6.07) is 10.3. The van der Waals surface area contributed by atoms with Crippen molar-refractivity contribution in [1.82, 2.24) is 5.32 Å². The Bertz CT molecular complexity index is 477. The Morgan fingerprint density at radius 2 is 2.16 bits per heavy atom. The molecular formula is C16H21NO2. The van der Waals surface area contributed by atoms with Gasteiger partial charge in [-0.3, -0.25) is 0 Å². The highest BCUT2D eigenvalue weighted by Gasteiger charge is 2.00. The van der Waals surface area contributed by atoms with Gasteiger partial charge < -0.3 is 14.5 Å². The lowest BCUT2D eigenvalue weighted by molar-refractivity contribution is 0.313. The largest absolute Gasteiger partial charge is 0.492 e. The summed E-state index contributed by atoms with van der Waals surface area (Å²) in [5, 5.41) is 3.31. The molecule has 0 saturated carbocycles. The molecule has 2 aromatic rings. The molecule has 0 spiro atoms. The van der Waals surface area contributed by atoms with Crippen LogP contribution in [0.4, 0.5) is 0 Å². The molecule has 0 bridgehead atoms. The molecule has 0 aliphatic carbocycles. The molecule has 3 nitrogen and oxygen atoms in total. The lowest BCUT2D eigenvalue weighted by Crippen LogP contribution is -2.20. The van der Waals surface area contributed by atoms with E-state index in [9.17, 15) is 0 Å². The van der Waals surface area contributed by atoms with Crippen LogP contribution < -0.4 is 10.1 Å². The second-order valence-electron chi connectivity index (χ2n) is 4.88. The number of furan rings is 1. The molecule has 1 aromatic heterocycles. The van der Waals surface area contributed by atoms with Gasteiger partial charge in [0.1, 0.15) is 12.4 Å². The predicted octanol–water partition coefficient (Wildman–Crippen LogP) is 3.57. The number of hydrogen-bond donors (Lipinski definition) is 1. The van der Waals surface area contributed by atoms with Crippen LogP contribution in [0.1, 0.15) is 30.9 Å². The van der Waals surface area contributed by atoms with E-state index in [4.69, 9.17) is 9.15 Å². The van der Waals surface area contributed by atoms with E-state index in [1.54, 1.807) is 12.5 Å². The van der Waals surface area contributed by atoms with E-state index in [0.717, 1.165) is 24.4 Å². The zero-order valence-electron chi connectivity index (χ0n) is 11.6. The second kappa shape index (κ2) is 7.00. The van der Waals surface area contributed by atoms with E-state index in [1.807, 2.05) is 18.2 Å². The lowest BCUT2D eigenvalue weighted by atomic mass is 10.0. The van der Waals surface area contributed by atoms with Crippen LogP contribution in [0.2, 0.25) is 0 Å². The Kier molecular flexibility index (Phi) is 5.04. The molecule has 1 aromatic carbocycles. The SMILES string of the molecule is CC(C)c1cccc(OCCNCc2ccoc2)c1. The molecule has 0 fully saturated rings. The average molecular weight is 259 g/mol. The van der Waals surface area contributed by atoms with Crippen LogP contribution in [0.15, 0.2) is 47.3 Å². The van der Waals surface area contributed by atoms with Crippen molar-refractivity contribution in [2.45, 2.75) is 26.3 Å². The minimum Gasteiger partial charge on any atom is -0.492 e. The summed E-state index contributed by atoms with van der Waals surface area (Å²) in [6.45, 7) is 6.67. The van der Waals surface area contributed by atoms with Crippen LogP contribution in [-0.2, 0) is 6.54 Å². The van der Waals surface area contributed by atoms with E-state index in [1.165, 1.54) is 5.56 Å². The van der Waals surface area contributed by atoms with Crippen molar-refractivity contribution >= 4 is 0 Å². The standard InChI is InChI=1S/C16H21NO2/c1-13(2)15-4-3-5-16(10-15)19-9-7-17-11-14-6-8-18-12-14/h3-6,8,10,12-13,17H,7,9,11H2,1-2H3. The van der Waals surface area contributed by atoms with Gasteiger partial charge >= 0.3 is 0 Å². The van der Waals surface area contributed by atoms with Gasteiger partial charge in [0.2, 0.25) is 0 Å². The van der Waals surface area contributed by atoms with Gasteiger partial charge in [0.05, 0.1) is 12.5 Å². The van der Waals surface area contributed by atoms with Gasteiger partial charge in [0.15, 0.2) is 0 Å². The quantitative estimate of drug-likeness (QED) is 0.772. The lowest BCUT2D eigenvalue weighted by Gasteiger charge is -2.10. The summed E-state index contributed by atoms with van der Waals surface area (Å²) in [5.74, 6) is 1.47. The van der Waals surface area contributed by atoms with E-state index < -0.39 is 0 Å². The average Bonchev–Trinajstić information content (AvgIpc) is 2.92. The van der Waals surface area contributed by atoms with Crippen molar-refractivity contribution < 1.29 is 9.15 Å². The third kappa shape index (κ3) is 4.45. The fourth-order valence-electron chi connectivity index (χ4n) is 1.83. The van der Waals surface area contributed by atoms with Crippen LogP contribution in [0, 0.1) is 0 Å². The van der Waals surface area contributed by atoms with E-state index in [0.29, 0.717) is 12.5 Å². The van der Waals surface area contributed by atoms with E-state index in [-0.39, 0.29) is 0 Å². The van der Waals surface area contributed by atoms with E-state index >= 15 is 0 Å². The number of rotatable bonds is 7. The van der Waals surface area contributed by atoms with Crippen LogP contribution in [-0.4, -0.2) is 13.2 Å². The van der Waals surface area contributed by atoms with Gasteiger partial charge in [-0.15, -0.1) is 0 Å². The first-order valence-electron chi connectivity index (χ1n) is 6.70. The number of hydrogen-bond acceptors (Lipinski definition) is 3. The third-order valence-corrected chi connectivity index (χ3v) is 2.98. The molecule has 0 radical (unpaired) electrons. The molecule has 0 amide bonds. The Morgan fingerprint density at radius 1 is 1.26 bits per heavy atom. The van der Waals surface area contributed by atoms with Gasteiger partial charge in [0, 0.05) is 18.7 Å². The summed E-state index contributed by atoms with van der Waals surface area (Å²) < 4.78 is 10.7. The van der Waals surface area contributed by atoms with Gasteiger partial charge in [-0.1, -0.05) is 26.0 Å². The molecule has 0 saturated heterocycles. The molecule has 0 aliphatic rings. The molecule has 1 N–H and O–H groups in total. The molecular weight excluding hydrogens is 238 g/mol. The molecule has 19 heavy (non-hydrogen) atoms. The summed E-state index contributed by atoms with van der Waals surface area (Å²) >= 11 is 0. The van der Waals surface area contributed by atoms with Crippen molar-refractivity contribution in [3.8, 4) is 5.75 Å². The van der Waals surface area contributed by atoms with Gasteiger partial charge in [-0.2, -0.15) is 0 Å². The van der Waals surface area contributed by atoms with Crippen molar-refractivity contribution in [2.75, 3.05) is 13.2 Å². The zero-order chi connectivity index (χ0) is 13.5. The Hall–Kier alpha value is -1.74. The van der Waals surface area contributed by atoms with Crippen molar-refractivity contribution in [3.05, 3.63) is 54.0 Å². The molecule has 1 heterocycles. The molecule has 0 atom stereocenters. The predicted molar refractivity (Wildman–Crippen MR) is 76.4 cm³/mol. The molecule has 3 heteroatoms. The fraction of sp³-hybridized carbons (Fsp3) is 0.375. The van der Waals surface area contributed by atoms with Crippen LogP contribution in [0.5, 0.6) is 5.75 Å². The topological polar surface area (TPSA) is 34.4 Å².